The number of benzene rings is 2. The van der Waals surface area contributed by atoms with Gasteiger partial charge in [0.25, 0.3) is 0 Å². The maximum atomic E-state index is 9.50. The Balaban J connectivity index is 1.52. The molecule has 1 N–H and O–H groups in total. The fourth-order valence-corrected chi connectivity index (χ4v) is 3.86. The van der Waals surface area contributed by atoms with Crippen LogP contribution in [0.4, 0.5) is 0 Å². The lowest BCUT2D eigenvalue weighted by Crippen LogP contribution is -2.49. The molecule has 2 heterocycles. The molecule has 4 nitrogen and oxygen atoms in total. The Kier molecular flexibility index (Phi) is 5.13. The lowest BCUT2D eigenvalue weighted by Gasteiger charge is -2.46. The summed E-state index contributed by atoms with van der Waals surface area (Å²) in [6.07, 6.45) is 1.11. The maximum Gasteiger partial charge on any atom is 0.184 e. The van der Waals surface area contributed by atoms with E-state index < -0.39 is 6.29 Å². The summed E-state index contributed by atoms with van der Waals surface area (Å²) in [6.45, 7) is 0.672. The van der Waals surface area contributed by atoms with Gasteiger partial charge in [-0.1, -0.05) is 60.7 Å². The van der Waals surface area contributed by atoms with Crippen LogP contribution < -0.4 is 0 Å². The van der Waals surface area contributed by atoms with Crippen LogP contribution in [0.15, 0.2) is 60.7 Å². The summed E-state index contributed by atoms with van der Waals surface area (Å²) in [7, 11) is 0. The van der Waals surface area contributed by atoms with Gasteiger partial charge >= 0.3 is 0 Å². The highest BCUT2D eigenvalue weighted by molar-refractivity contribution is 5.19. The molecule has 2 aromatic carbocycles. The van der Waals surface area contributed by atoms with E-state index in [1.165, 1.54) is 5.56 Å². The van der Waals surface area contributed by atoms with Gasteiger partial charge in [-0.15, -0.1) is 0 Å². The molecule has 2 aromatic rings. The molecule has 2 fully saturated rings. The summed E-state index contributed by atoms with van der Waals surface area (Å²) in [5.41, 5.74) is 2.20. The zero-order valence-electron chi connectivity index (χ0n) is 14.2. The van der Waals surface area contributed by atoms with Gasteiger partial charge in [0, 0.05) is 18.1 Å². The quantitative estimate of drug-likeness (QED) is 0.923. The van der Waals surface area contributed by atoms with Gasteiger partial charge in [-0.05, 0) is 18.4 Å². The van der Waals surface area contributed by atoms with Gasteiger partial charge in [0.15, 0.2) is 6.29 Å². The molecular formula is C21H24O4. The average molecular weight is 340 g/mol. The second-order valence-electron chi connectivity index (χ2n) is 6.74. The normalized spacial score (nSPS) is 32.1. The van der Waals surface area contributed by atoms with Crippen molar-refractivity contribution in [2.45, 2.75) is 37.4 Å². The van der Waals surface area contributed by atoms with Crippen molar-refractivity contribution in [2.24, 2.45) is 5.92 Å². The van der Waals surface area contributed by atoms with Crippen molar-refractivity contribution in [1.29, 1.82) is 0 Å². The van der Waals surface area contributed by atoms with Crippen molar-refractivity contribution in [1.82, 2.24) is 0 Å². The first-order valence-electron chi connectivity index (χ1n) is 8.98. The first kappa shape index (κ1) is 16.7. The van der Waals surface area contributed by atoms with E-state index in [-0.39, 0.29) is 30.8 Å². The van der Waals surface area contributed by atoms with E-state index in [1.807, 2.05) is 48.5 Å². The van der Waals surface area contributed by atoms with Crippen LogP contribution in [0.1, 0.15) is 36.4 Å². The number of hydrogen-bond donors (Lipinski definition) is 1. The van der Waals surface area contributed by atoms with E-state index in [4.69, 9.17) is 14.2 Å². The third-order valence-electron chi connectivity index (χ3n) is 5.16. The molecule has 2 aliphatic rings. The average Bonchev–Trinajstić information content (AvgIpc) is 2.69. The maximum absolute atomic E-state index is 9.50. The van der Waals surface area contributed by atoms with Gasteiger partial charge in [-0.3, -0.25) is 0 Å². The molecule has 0 amide bonds. The summed E-state index contributed by atoms with van der Waals surface area (Å²) in [6, 6.07) is 20.3. The molecule has 0 bridgehead atoms. The minimum atomic E-state index is -0.393. The Morgan fingerprint density at radius 1 is 0.880 bits per heavy atom. The van der Waals surface area contributed by atoms with E-state index >= 15 is 0 Å². The van der Waals surface area contributed by atoms with Crippen molar-refractivity contribution in [3.05, 3.63) is 71.8 Å². The number of aliphatic hydroxyl groups excluding tert-OH is 1. The Hall–Kier alpha value is -1.72. The second-order valence-corrected chi connectivity index (χ2v) is 6.74. The highest BCUT2D eigenvalue weighted by atomic mass is 16.7. The molecule has 25 heavy (non-hydrogen) atoms. The van der Waals surface area contributed by atoms with Crippen LogP contribution in [-0.4, -0.2) is 30.5 Å². The Morgan fingerprint density at radius 2 is 1.56 bits per heavy atom. The molecule has 2 aliphatic heterocycles. The molecule has 0 saturated carbocycles. The zero-order valence-corrected chi connectivity index (χ0v) is 14.2. The van der Waals surface area contributed by atoms with Crippen LogP contribution in [0.2, 0.25) is 0 Å². The first-order chi connectivity index (χ1) is 12.3. The zero-order chi connectivity index (χ0) is 17.1. The molecule has 0 radical (unpaired) electrons. The number of aliphatic hydroxyl groups is 1. The standard InChI is InChI=1S/C21H24O4/c22-12-11-18-17-13-19(15-7-3-1-4-8-15)23-14-20(17)25-21(24-18)16-9-5-2-6-10-16/h1-10,17-22H,11-14H2. The number of hydrogen-bond acceptors (Lipinski definition) is 4. The van der Waals surface area contributed by atoms with E-state index in [0.717, 1.165) is 12.0 Å². The highest BCUT2D eigenvalue weighted by Gasteiger charge is 2.44. The van der Waals surface area contributed by atoms with Crippen LogP contribution >= 0.6 is 0 Å². The van der Waals surface area contributed by atoms with Crippen molar-refractivity contribution in [3.8, 4) is 0 Å². The predicted octanol–water partition coefficient (Wildman–Crippen LogP) is 3.63. The van der Waals surface area contributed by atoms with Gasteiger partial charge in [-0.25, -0.2) is 0 Å². The number of ether oxygens (including phenoxy) is 3. The number of rotatable bonds is 4. The fraction of sp³-hybridized carbons (Fsp3) is 0.429. The van der Waals surface area contributed by atoms with Gasteiger partial charge in [0.05, 0.1) is 24.9 Å². The lowest BCUT2D eigenvalue weighted by atomic mass is 9.83. The fourth-order valence-electron chi connectivity index (χ4n) is 3.86. The lowest BCUT2D eigenvalue weighted by molar-refractivity contribution is -0.303. The van der Waals surface area contributed by atoms with Crippen molar-refractivity contribution in [3.63, 3.8) is 0 Å². The van der Waals surface area contributed by atoms with Gasteiger partial charge in [0.1, 0.15) is 0 Å². The predicted molar refractivity (Wildman–Crippen MR) is 93.9 cm³/mol. The summed E-state index contributed by atoms with van der Waals surface area (Å²) >= 11 is 0. The third-order valence-corrected chi connectivity index (χ3v) is 5.16. The Labute approximate surface area is 148 Å². The van der Waals surface area contributed by atoms with Crippen molar-refractivity contribution in [2.75, 3.05) is 13.2 Å². The smallest absolute Gasteiger partial charge is 0.184 e. The monoisotopic (exact) mass is 340 g/mol. The molecule has 0 aromatic heterocycles. The highest BCUT2D eigenvalue weighted by Crippen LogP contribution is 2.43. The molecule has 0 aliphatic carbocycles. The summed E-state index contributed by atoms with van der Waals surface area (Å²) in [4.78, 5) is 0. The molecule has 2 saturated heterocycles. The molecule has 4 rings (SSSR count). The molecule has 5 unspecified atom stereocenters. The summed E-state index contributed by atoms with van der Waals surface area (Å²) in [5.74, 6) is 0.228. The van der Waals surface area contributed by atoms with Crippen LogP contribution in [0.3, 0.4) is 0 Å². The minimum Gasteiger partial charge on any atom is -0.396 e. The SMILES string of the molecule is OCCC1OC(c2ccccc2)OC2COC(c3ccccc3)CC12. The number of fused-ring (bicyclic) bond motifs is 1. The van der Waals surface area contributed by atoms with Crippen molar-refractivity contribution < 1.29 is 19.3 Å². The van der Waals surface area contributed by atoms with E-state index in [2.05, 4.69) is 12.1 Å². The largest absolute Gasteiger partial charge is 0.396 e. The summed E-state index contributed by atoms with van der Waals surface area (Å²) in [5, 5.41) is 9.50. The Bertz CT molecular complexity index is 660. The van der Waals surface area contributed by atoms with Crippen LogP contribution in [0.25, 0.3) is 0 Å². The van der Waals surface area contributed by atoms with Gasteiger partial charge in [0.2, 0.25) is 0 Å². The molecule has 0 spiro atoms. The van der Waals surface area contributed by atoms with E-state index in [0.29, 0.717) is 13.0 Å². The Morgan fingerprint density at radius 3 is 2.24 bits per heavy atom. The molecule has 132 valence electrons. The van der Waals surface area contributed by atoms with E-state index in [9.17, 15) is 5.11 Å². The van der Waals surface area contributed by atoms with Gasteiger partial charge < -0.3 is 19.3 Å². The first-order valence-corrected chi connectivity index (χ1v) is 8.98. The van der Waals surface area contributed by atoms with Crippen molar-refractivity contribution >= 4 is 0 Å². The van der Waals surface area contributed by atoms with E-state index in [1.54, 1.807) is 0 Å². The van der Waals surface area contributed by atoms with Crippen LogP contribution in [0.5, 0.6) is 0 Å². The third kappa shape index (κ3) is 3.62. The molecule has 5 atom stereocenters. The molecular weight excluding hydrogens is 316 g/mol. The molecule has 4 heteroatoms. The van der Waals surface area contributed by atoms with Crippen LogP contribution in [0, 0.1) is 5.92 Å². The second kappa shape index (κ2) is 7.67. The van der Waals surface area contributed by atoms with Gasteiger partial charge in [-0.2, -0.15) is 0 Å². The van der Waals surface area contributed by atoms with Crippen LogP contribution in [-0.2, 0) is 14.2 Å². The summed E-state index contributed by atoms with van der Waals surface area (Å²) < 4.78 is 18.5. The topological polar surface area (TPSA) is 47.9 Å². The minimum absolute atomic E-state index is 0.00420.